The SMILES string of the molecule is CC1(C)Oc2cc3c(cc2C=C1O)C(=O)CC(c1ccc(O)cc1)O3. The highest BCUT2D eigenvalue weighted by atomic mass is 16.5. The lowest BCUT2D eigenvalue weighted by Crippen LogP contribution is -2.33. The van der Waals surface area contributed by atoms with Crippen LogP contribution in [0.3, 0.4) is 0 Å². The van der Waals surface area contributed by atoms with Crippen LogP contribution in [0.4, 0.5) is 0 Å². The van der Waals surface area contributed by atoms with Crippen molar-refractivity contribution >= 4 is 11.9 Å². The van der Waals surface area contributed by atoms with Crippen LogP contribution in [-0.4, -0.2) is 21.6 Å². The van der Waals surface area contributed by atoms with Crippen LogP contribution in [0.15, 0.2) is 42.2 Å². The number of aliphatic hydroxyl groups is 1. The molecule has 128 valence electrons. The van der Waals surface area contributed by atoms with Crippen LogP contribution in [0.1, 0.15) is 47.9 Å². The Hall–Kier alpha value is -2.95. The van der Waals surface area contributed by atoms with Crippen LogP contribution in [0, 0.1) is 0 Å². The molecule has 2 N–H and O–H groups in total. The van der Waals surface area contributed by atoms with Crippen molar-refractivity contribution in [2.45, 2.75) is 32.0 Å². The topological polar surface area (TPSA) is 76.0 Å². The quantitative estimate of drug-likeness (QED) is 0.816. The number of benzene rings is 2. The molecule has 0 aromatic heterocycles. The number of hydrogen-bond acceptors (Lipinski definition) is 5. The fourth-order valence-electron chi connectivity index (χ4n) is 3.09. The number of Topliss-reactive ketones (excluding diaryl/α,β-unsaturated/α-hetero) is 1. The smallest absolute Gasteiger partial charge is 0.170 e. The number of carbonyl (C=O) groups excluding carboxylic acids is 1. The van der Waals surface area contributed by atoms with Gasteiger partial charge in [0.2, 0.25) is 0 Å². The van der Waals surface area contributed by atoms with E-state index in [0.29, 0.717) is 22.6 Å². The Balaban J connectivity index is 1.73. The molecular formula is C20H18O5. The maximum absolute atomic E-state index is 12.6. The molecule has 1 atom stereocenters. The van der Waals surface area contributed by atoms with Crippen molar-refractivity contribution in [3.05, 3.63) is 58.8 Å². The molecule has 0 saturated heterocycles. The summed E-state index contributed by atoms with van der Waals surface area (Å²) in [4.78, 5) is 12.6. The minimum Gasteiger partial charge on any atom is -0.508 e. The van der Waals surface area contributed by atoms with Crippen molar-refractivity contribution in [3.8, 4) is 17.2 Å². The summed E-state index contributed by atoms with van der Waals surface area (Å²) in [6.07, 6.45) is 1.44. The second-order valence-corrected chi connectivity index (χ2v) is 6.85. The average molecular weight is 338 g/mol. The predicted octanol–water partition coefficient (Wildman–Crippen LogP) is 4.17. The second kappa shape index (κ2) is 5.28. The van der Waals surface area contributed by atoms with Gasteiger partial charge < -0.3 is 19.7 Å². The Morgan fingerprint density at radius 3 is 2.52 bits per heavy atom. The van der Waals surface area contributed by atoms with E-state index in [1.165, 1.54) is 0 Å². The number of ketones is 1. The minimum atomic E-state index is -0.823. The van der Waals surface area contributed by atoms with Gasteiger partial charge in [-0.2, -0.15) is 0 Å². The van der Waals surface area contributed by atoms with Crippen molar-refractivity contribution in [2.24, 2.45) is 0 Å². The van der Waals surface area contributed by atoms with E-state index in [1.54, 1.807) is 56.3 Å². The zero-order chi connectivity index (χ0) is 17.8. The van der Waals surface area contributed by atoms with Gasteiger partial charge >= 0.3 is 0 Å². The van der Waals surface area contributed by atoms with Crippen LogP contribution in [0.2, 0.25) is 0 Å². The van der Waals surface area contributed by atoms with Crippen molar-refractivity contribution < 1.29 is 24.5 Å². The summed E-state index contributed by atoms with van der Waals surface area (Å²) >= 11 is 0. The Morgan fingerprint density at radius 2 is 1.80 bits per heavy atom. The Morgan fingerprint density at radius 1 is 1.08 bits per heavy atom. The number of aromatic hydroxyl groups is 1. The van der Waals surface area contributed by atoms with Crippen molar-refractivity contribution in [3.63, 3.8) is 0 Å². The first kappa shape index (κ1) is 15.6. The van der Waals surface area contributed by atoms with Crippen LogP contribution < -0.4 is 9.47 Å². The maximum Gasteiger partial charge on any atom is 0.170 e. The number of phenolic OH excluding ortho intramolecular Hbond substituents is 1. The van der Waals surface area contributed by atoms with Crippen LogP contribution in [-0.2, 0) is 0 Å². The lowest BCUT2D eigenvalue weighted by molar-refractivity contribution is 0.0832. The molecule has 0 saturated carbocycles. The van der Waals surface area contributed by atoms with Gasteiger partial charge in [0, 0.05) is 11.6 Å². The first-order valence-electron chi connectivity index (χ1n) is 8.10. The number of hydrogen-bond donors (Lipinski definition) is 2. The molecular weight excluding hydrogens is 320 g/mol. The molecule has 0 spiro atoms. The Labute approximate surface area is 145 Å². The molecule has 2 aromatic carbocycles. The molecule has 0 amide bonds. The van der Waals surface area contributed by atoms with E-state index < -0.39 is 11.7 Å². The molecule has 2 heterocycles. The fourth-order valence-corrected chi connectivity index (χ4v) is 3.09. The number of fused-ring (bicyclic) bond motifs is 2. The van der Waals surface area contributed by atoms with E-state index in [4.69, 9.17) is 9.47 Å². The third-order valence-corrected chi connectivity index (χ3v) is 4.59. The Kier molecular flexibility index (Phi) is 3.29. The molecule has 0 radical (unpaired) electrons. The first-order chi connectivity index (χ1) is 11.8. The summed E-state index contributed by atoms with van der Waals surface area (Å²) in [5.74, 6) is 1.30. The summed E-state index contributed by atoms with van der Waals surface area (Å²) in [6.45, 7) is 3.54. The van der Waals surface area contributed by atoms with Gasteiger partial charge in [-0.25, -0.2) is 0 Å². The minimum absolute atomic E-state index is 0.0279. The summed E-state index contributed by atoms with van der Waals surface area (Å²) in [6, 6.07) is 10.1. The van der Waals surface area contributed by atoms with Crippen LogP contribution in [0.5, 0.6) is 17.2 Å². The molecule has 4 rings (SSSR count). The maximum atomic E-state index is 12.6. The predicted molar refractivity (Wildman–Crippen MR) is 92.2 cm³/mol. The Bertz CT molecular complexity index is 893. The lowest BCUT2D eigenvalue weighted by Gasteiger charge is -2.32. The summed E-state index contributed by atoms with van der Waals surface area (Å²) in [5, 5.41) is 19.5. The molecule has 1 unspecified atom stereocenters. The van der Waals surface area contributed by atoms with Gasteiger partial charge in [-0.15, -0.1) is 0 Å². The summed E-state index contributed by atoms with van der Waals surface area (Å²) < 4.78 is 11.9. The van der Waals surface area contributed by atoms with Crippen LogP contribution in [0.25, 0.3) is 6.08 Å². The van der Waals surface area contributed by atoms with Crippen molar-refractivity contribution in [2.75, 3.05) is 0 Å². The third kappa shape index (κ3) is 2.61. The normalized spacial score (nSPS) is 20.6. The van der Waals surface area contributed by atoms with Gasteiger partial charge in [-0.1, -0.05) is 12.1 Å². The van der Waals surface area contributed by atoms with Gasteiger partial charge in [0.25, 0.3) is 0 Å². The molecule has 0 bridgehead atoms. The molecule has 2 aliphatic rings. The van der Waals surface area contributed by atoms with Gasteiger partial charge in [0.05, 0.1) is 12.0 Å². The van der Waals surface area contributed by atoms with Gasteiger partial charge in [0.1, 0.15) is 29.1 Å². The highest BCUT2D eigenvalue weighted by Crippen LogP contribution is 2.42. The molecule has 5 heteroatoms. The lowest BCUT2D eigenvalue weighted by atomic mass is 9.92. The average Bonchev–Trinajstić information content (AvgIpc) is 2.55. The van der Waals surface area contributed by atoms with Gasteiger partial charge in [0.15, 0.2) is 11.4 Å². The first-order valence-corrected chi connectivity index (χ1v) is 8.10. The van der Waals surface area contributed by atoms with E-state index in [2.05, 4.69) is 0 Å². The second-order valence-electron chi connectivity index (χ2n) is 6.85. The standard InChI is InChI=1S/C20H18O5/c1-20(2)19(23)8-12-7-14-15(22)9-16(11-3-5-13(21)6-4-11)24-18(14)10-17(12)25-20/h3-8,10,16,21,23H,9H2,1-2H3. The van der Waals surface area contributed by atoms with Gasteiger partial charge in [-0.05, 0) is 43.7 Å². The number of carbonyl (C=O) groups is 1. The highest BCUT2D eigenvalue weighted by Gasteiger charge is 2.34. The van der Waals surface area contributed by atoms with E-state index in [1.807, 2.05) is 0 Å². The number of rotatable bonds is 1. The molecule has 2 aromatic rings. The van der Waals surface area contributed by atoms with Crippen molar-refractivity contribution in [1.82, 2.24) is 0 Å². The summed E-state index contributed by atoms with van der Waals surface area (Å²) in [7, 11) is 0. The van der Waals surface area contributed by atoms with Crippen molar-refractivity contribution in [1.29, 1.82) is 0 Å². The van der Waals surface area contributed by atoms with E-state index in [-0.39, 0.29) is 23.7 Å². The molecule has 2 aliphatic heterocycles. The monoisotopic (exact) mass is 338 g/mol. The molecule has 25 heavy (non-hydrogen) atoms. The van der Waals surface area contributed by atoms with Crippen LogP contribution >= 0.6 is 0 Å². The zero-order valence-electron chi connectivity index (χ0n) is 13.9. The number of phenols is 1. The van der Waals surface area contributed by atoms with E-state index in [0.717, 1.165) is 5.56 Å². The highest BCUT2D eigenvalue weighted by molar-refractivity contribution is 6.01. The molecule has 5 nitrogen and oxygen atoms in total. The zero-order valence-corrected chi connectivity index (χ0v) is 13.9. The third-order valence-electron chi connectivity index (χ3n) is 4.59. The number of ether oxygens (including phenoxy) is 2. The molecule has 0 aliphatic carbocycles. The van der Waals surface area contributed by atoms with E-state index in [9.17, 15) is 15.0 Å². The number of aliphatic hydroxyl groups excluding tert-OH is 1. The summed E-state index contributed by atoms with van der Waals surface area (Å²) in [5.41, 5.74) is 1.15. The molecule has 0 fully saturated rings. The fraction of sp³-hybridized carbons (Fsp3) is 0.250. The van der Waals surface area contributed by atoms with Gasteiger partial charge in [-0.3, -0.25) is 4.79 Å². The largest absolute Gasteiger partial charge is 0.508 e. The van der Waals surface area contributed by atoms with E-state index >= 15 is 0 Å².